The largest absolute Gasteiger partial charge is 0.491 e. The van der Waals surface area contributed by atoms with E-state index in [9.17, 15) is 27.0 Å². The third-order valence-electron chi connectivity index (χ3n) is 4.03. The first-order chi connectivity index (χ1) is 14.2. The summed E-state index contributed by atoms with van der Waals surface area (Å²) >= 11 is -2.45. The van der Waals surface area contributed by atoms with Crippen LogP contribution in [0.1, 0.15) is 5.56 Å². The SMILES string of the molecule is O=C(Oc1cc(-c2ccccc2CCOS(=O)O)cc2c(=O)[nH]cnc12)C(F)(F)F. The highest BCUT2D eigenvalue weighted by Crippen LogP contribution is 2.33. The van der Waals surface area contributed by atoms with Crippen molar-refractivity contribution in [3.63, 3.8) is 0 Å². The van der Waals surface area contributed by atoms with Gasteiger partial charge in [0.15, 0.2) is 5.75 Å². The number of nitrogens with one attached hydrogen (secondary N) is 1. The number of aromatic amines is 1. The number of halogens is 3. The molecule has 0 saturated carbocycles. The Morgan fingerprint density at radius 3 is 2.67 bits per heavy atom. The first-order valence-corrected chi connectivity index (χ1v) is 9.33. The number of carbonyl (C=O) groups is 1. The summed E-state index contributed by atoms with van der Waals surface area (Å²) < 4.78 is 66.5. The van der Waals surface area contributed by atoms with Crippen LogP contribution in [0.2, 0.25) is 0 Å². The van der Waals surface area contributed by atoms with Crippen LogP contribution in [-0.4, -0.2) is 37.5 Å². The van der Waals surface area contributed by atoms with Crippen LogP contribution in [0, 0.1) is 0 Å². The van der Waals surface area contributed by atoms with E-state index >= 15 is 0 Å². The Balaban J connectivity index is 2.12. The summed E-state index contributed by atoms with van der Waals surface area (Å²) in [5.41, 5.74) is 0.556. The number of rotatable bonds is 6. The lowest BCUT2D eigenvalue weighted by Crippen LogP contribution is -2.28. The molecule has 1 heterocycles. The van der Waals surface area contributed by atoms with Gasteiger partial charge in [0.2, 0.25) is 0 Å². The summed E-state index contributed by atoms with van der Waals surface area (Å²) in [6, 6.07) is 9.22. The van der Waals surface area contributed by atoms with Crippen LogP contribution >= 0.6 is 0 Å². The number of carbonyl (C=O) groups excluding carboxylic acids is 1. The van der Waals surface area contributed by atoms with Gasteiger partial charge in [-0.1, -0.05) is 24.3 Å². The summed E-state index contributed by atoms with van der Waals surface area (Å²) in [5, 5.41) is -0.0810. The third kappa shape index (κ3) is 4.90. The highest BCUT2D eigenvalue weighted by molar-refractivity contribution is 7.74. The topological polar surface area (TPSA) is 119 Å². The minimum Gasteiger partial charge on any atom is -0.418 e. The molecule has 0 fully saturated rings. The molecule has 2 N–H and O–H groups in total. The zero-order valence-corrected chi connectivity index (χ0v) is 15.7. The van der Waals surface area contributed by atoms with Crippen molar-refractivity contribution in [2.24, 2.45) is 0 Å². The fourth-order valence-corrected chi connectivity index (χ4v) is 3.01. The summed E-state index contributed by atoms with van der Waals surface area (Å²) in [5.74, 6) is -2.98. The van der Waals surface area contributed by atoms with Crippen LogP contribution in [0.5, 0.6) is 5.75 Å². The molecule has 0 amide bonds. The molecule has 3 rings (SSSR count). The standard InChI is InChI=1S/C18H13F3N2O6S/c19-18(20,21)17(25)29-14-8-11(7-13-15(14)22-9-23-16(13)24)12-4-2-1-3-10(12)5-6-28-30(26)27/h1-4,7-9H,5-6H2,(H,26,27)(H,22,23,24). The molecule has 0 radical (unpaired) electrons. The number of fused-ring (bicyclic) bond motifs is 1. The van der Waals surface area contributed by atoms with E-state index in [-0.39, 0.29) is 29.5 Å². The Kier molecular flexibility index (Phi) is 6.29. The van der Waals surface area contributed by atoms with Crippen molar-refractivity contribution in [3.05, 3.63) is 58.6 Å². The molecule has 0 saturated heterocycles. The minimum absolute atomic E-state index is 0.0810. The Morgan fingerprint density at radius 1 is 1.23 bits per heavy atom. The minimum atomic E-state index is -5.24. The summed E-state index contributed by atoms with van der Waals surface area (Å²) in [6.07, 6.45) is -4.06. The van der Waals surface area contributed by atoms with Crippen molar-refractivity contribution in [1.82, 2.24) is 9.97 Å². The highest BCUT2D eigenvalue weighted by Gasteiger charge is 2.41. The van der Waals surface area contributed by atoms with E-state index in [2.05, 4.69) is 18.9 Å². The van der Waals surface area contributed by atoms with Crippen molar-refractivity contribution in [1.29, 1.82) is 0 Å². The maximum Gasteiger partial charge on any atom is 0.491 e. The number of esters is 1. The van der Waals surface area contributed by atoms with Crippen LogP contribution < -0.4 is 10.3 Å². The molecule has 0 aliphatic heterocycles. The Morgan fingerprint density at radius 2 is 1.97 bits per heavy atom. The molecule has 1 atom stereocenters. The van der Waals surface area contributed by atoms with E-state index in [1.54, 1.807) is 24.3 Å². The second kappa shape index (κ2) is 8.73. The predicted octanol–water partition coefficient (Wildman–Crippen LogP) is 2.75. The smallest absolute Gasteiger partial charge is 0.418 e. The van der Waals surface area contributed by atoms with Gasteiger partial charge in [-0.15, -0.1) is 0 Å². The van der Waals surface area contributed by atoms with Gasteiger partial charge in [-0.05, 0) is 35.2 Å². The van der Waals surface area contributed by atoms with Gasteiger partial charge in [-0.3, -0.25) is 13.5 Å². The first kappa shape index (κ1) is 21.6. The second-order valence-corrected chi connectivity index (χ2v) is 6.61. The fraction of sp³-hybridized carbons (Fsp3) is 0.167. The van der Waals surface area contributed by atoms with Crippen LogP contribution in [0.3, 0.4) is 0 Å². The molecule has 30 heavy (non-hydrogen) atoms. The summed E-state index contributed by atoms with van der Waals surface area (Å²) in [4.78, 5) is 29.7. The number of alkyl halides is 3. The van der Waals surface area contributed by atoms with Gasteiger partial charge in [-0.2, -0.15) is 17.4 Å². The van der Waals surface area contributed by atoms with E-state index in [0.29, 0.717) is 11.1 Å². The Bertz CT molecular complexity index is 1180. The number of ether oxygens (including phenoxy) is 1. The number of nitrogens with zero attached hydrogens (tertiary/aromatic N) is 1. The number of aromatic nitrogens is 2. The van der Waals surface area contributed by atoms with Crippen molar-refractivity contribution in [2.45, 2.75) is 12.6 Å². The molecule has 1 aromatic heterocycles. The zero-order valence-electron chi connectivity index (χ0n) is 14.9. The second-order valence-electron chi connectivity index (χ2n) is 5.94. The summed E-state index contributed by atoms with van der Waals surface area (Å²) in [6.45, 7) is -0.105. The molecule has 0 aliphatic rings. The third-order valence-corrected chi connectivity index (χ3v) is 4.40. The van der Waals surface area contributed by atoms with Gasteiger partial charge in [0.1, 0.15) is 5.52 Å². The van der Waals surface area contributed by atoms with Gasteiger partial charge in [0.05, 0.1) is 18.3 Å². The van der Waals surface area contributed by atoms with Gasteiger partial charge in [0, 0.05) is 0 Å². The van der Waals surface area contributed by atoms with Gasteiger partial charge >= 0.3 is 23.5 Å². The number of hydrogen-bond donors (Lipinski definition) is 2. The Labute approximate surface area is 169 Å². The summed E-state index contributed by atoms with van der Waals surface area (Å²) in [7, 11) is 0. The predicted molar refractivity (Wildman–Crippen MR) is 99.9 cm³/mol. The van der Waals surface area contributed by atoms with Gasteiger partial charge in [0.25, 0.3) is 5.56 Å². The molecule has 3 aromatic rings. The lowest BCUT2D eigenvalue weighted by molar-refractivity contribution is -0.189. The average Bonchev–Trinajstić information content (AvgIpc) is 2.68. The number of hydrogen-bond acceptors (Lipinski definition) is 6. The Hall–Kier alpha value is -3.09. The van der Waals surface area contributed by atoms with E-state index < -0.39 is 34.8 Å². The molecule has 0 aliphatic carbocycles. The molecule has 1 unspecified atom stereocenters. The van der Waals surface area contributed by atoms with Crippen LogP contribution in [0.4, 0.5) is 13.2 Å². The molecule has 0 bridgehead atoms. The lowest BCUT2D eigenvalue weighted by Gasteiger charge is -2.13. The van der Waals surface area contributed by atoms with Crippen LogP contribution in [0.25, 0.3) is 22.0 Å². The molecular weight excluding hydrogens is 429 g/mol. The molecule has 158 valence electrons. The van der Waals surface area contributed by atoms with E-state index in [1.807, 2.05) is 0 Å². The van der Waals surface area contributed by atoms with Crippen LogP contribution in [0.15, 0.2) is 47.5 Å². The van der Waals surface area contributed by atoms with E-state index in [4.69, 9.17) is 4.55 Å². The molecule has 2 aromatic carbocycles. The van der Waals surface area contributed by atoms with Crippen LogP contribution in [-0.2, 0) is 26.8 Å². The molecule has 8 nitrogen and oxygen atoms in total. The molecular formula is C18H13F3N2O6S. The van der Waals surface area contributed by atoms with Gasteiger partial charge < -0.3 is 9.72 Å². The average molecular weight is 442 g/mol. The molecule has 12 heteroatoms. The maximum atomic E-state index is 12.7. The van der Waals surface area contributed by atoms with Crippen molar-refractivity contribution in [2.75, 3.05) is 6.61 Å². The van der Waals surface area contributed by atoms with Gasteiger partial charge in [-0.25, -0.2) is 9.78 Å². The zero-order chi connectivity index (χ0) is 21.9. The van der Waals surface area contributed by atoms with E-state index in [0.717, 1.165) is 6.33 Å². The van der Waals surface area contributed by atoms with Crippen molar-refractivity contribution < 1.29 is 35.6 Å². The number of H-pyrrole nitrogens is 1. The normalized spacial score (nSPS) is 12.7. The maximum absolute atomic E-state index is 12.7. The van der Waals surface area contributed by atoms with E-state index in [1.165, 1.54) is 12.1 Å². The molecule has 0 spiro atoms. The fourth-order valence-electron chi connectivity index (χ4n) is 2.78. The monoisotopic (exact) mass is 442 g/mol. The van der Waals surface area contributed by atoms with Crippen molar-refractivity contribution >= 4 is 28.2 Å². The van der Waals surface area contributed by atoms with Crippen molar-refractivity contribution in [3.8, 4) is 16.9 Å². The highest BCUT2D eigenvalue weighted by atomic mass is 32.2. The first-order valence-electron chi connectivity index (χ1n) is 8.29. The number of benzene rings is 2. The lowest BCUT2D eigenvalue weighted by atomic mass is 9.96. The quantitative estimate of drug-likeness (QED) is 0.342.